The lowest BCUT2D eigenvalue weighted by Gasteiger charge is -2.31. The summed E-state index contributed by atoms with van der Waals surface area (Å²) in [6.45, 7) is 4.96. The molecular formula is C15H20BrNO. The molecule has 1 unspecified atom stereocenters. The maximum atomic E-state index is 11.8. The van der Waals surface area contributed by atoms with Crippen molar-refractivity contribution in [2.45, 2.75) is 45.6 Å². The van der Waals surface area contributed by atoms with Crippen LogP contribution in [0.4, 0.5) is 5.69 Å². The number of halogens is 1. The third-order valence-electron chi connectivity index (χ3n) is 3.70. The molecule has 2 rings (SSSR count). The van der Waals surface area contributed by atoms with E-state index in [4.69, 9.17) is 0 Å². The van der Waals surface area contributed by atoms with E-state index in [0.717, 1.165) is 22.3 Å². The molecule has 0 saturated carbocycles. The molecule has 1 aromatic carbocycles. The molecule has 98 valence electrons. The smallest absolute Gasteiger partial charge is 0.161 e. The molecule has 0 aliphatic carbocycles. The van der Waals surface area contributed by atoms with Crippen LogP contribution in [0.3, 0.4) is 0 Å². The molecule has 1 aromatic rings. The van der Waals surface area contributed by atoms with Gasteiger partial charge >= 0.3 is 0 Å². The Hall–Kier alpha value is -0.830. The van der Waals surface area contributed by atoms with Crippen molar-refractivity contribution in [1.82, 2.24) is 0 Å². The lowest BCUT2D eigenvalue weighted by atomic mass is 10.1. The normalized spacial score (nSPS) is 20.6. The minimum absolute atomic E-state index is 0.147. The molecule has 1 fully saturated rings. The Bertz CT molecular complexity index is 444. The predicted octanol–water partition coefficient (Wildman–Crippen LogP) is 4.42. The molecule has 0 radical (unpaired) electrons. The van der Waals surface area contributed by atoms with Crippen molar-refractivity contribution in [2.24, 2.45) is 0 Å². The first-order valence-corrected chi connectivity index (χ1v) is 7.46. The van der Waals surface area contributed by atoms with Gasteiger partial charge in [0.15, 0.2) is 5.78 Å². The molecule has 0 spiro atoms. The summed E-state index contributed by atoms with van der Waals surface area (Å²) in [5.74, 6) is 0.147. The molecule has 0 bridgehead atoms. The van der Waals surface area contributed by atoms with Gasteiger partial charge < -0.3 is 4.90 Å². The molecule has 0 N–H and O–H groups in total. The summed E-state index contributed by atoms with van der Waals surface area (Å²) in [6, 6.07) is 6.47. The van der Waals surface area contributed by atoms with Crippen molar-refractivity contribution in [3.8, 4) is 0 Å². The van der Waals surface area contributed by atoms with Crippen LogP contribution in [-0.2, 0) is 0 Å². The first-order valence-electron chi connectivity index (χ1n) is 6.66. The van der Waals surface area contributed by atoms with Crippen LogP contribution in [0.1, 0.15) is 49.9 Å². The molecule has 0 aromatic heterocycles. The van der Waals surface area contributed by atoms with Gasteiger partial charge in [0.2, 0.25) is 0 Å². The number of hydrogen-bond acceptors (Lipinski definition) is 2. The summed E-state index contributed by atoms with van der Waals surface area (Å²) in [7, 11) is 0. The molecule has 2 nitrogen and oxygen atoms in total. The van der Waals surface area contributed by atoms with Crippen LogP contribution in [0.15, 0.2) is 22.7 Å². The van der Waals surface area contributed by atoms with Gasteiger partial charge in [0.25, 0.3) is 0 Å². The summed E-state index contributed by atoms with van der Waals surface area (Å²) in [5.41, 5.74) is 1.93. The number of benzene rings is 1. The van der Waals surface area contributed by atoms with Gasteiger partial charge in [0, 0.05) is 28.3 Å². The van der Waals surface area contributed by atoms with E-state index in [9.17, 15) is 4.79 Å². The van der Waals surface area contributed by atoms with Gasteiger partial charge in [-0.2, -0.15) is 0 Å². The van der Waals surface area contributed by atoms with E-state index in [-0.39, 0.29) is 5.78 Å². The fourth-order valence-electron chi connectivity index (χ4n) is 2.67. The molecular weight excluding hydrogens is 290 g/mol. The molecule has 1 atom stereocenters. The maximum Gasteiger partial charge on any atom is 0.161 e. The first-order chi connectivity index (χ1) is 8.59. The number of anilines is 1. The van der Waals surface area contributed by atoms with Gasteiger partial charge in [-0.15, -0.1) is 0 Å². The van der Waals surface area contributed by atoms with Gasteiger partial charge in [-0.1, -0.05) is 28.8 Å². The van der Waals surface area contributed by atoms with Gasteiger partial charge in [-0.05, 0) is 44.9 Å². The third-order valence-corrected chi connectivity index (χ3v) is 4.19. The van der Waals surface area contributed by atoms with Gasteiger partial charge in [0.1, 0.15) is 0 Å². The van der Waals surface area contributed by atoms with E-state index in [1.807, 2.05) is 12.1 Å². The molecule has 1 heterocycles. The number of Topliss-reactive ketones (excluding diaryl/α,β-unsaturated/α-hetero) is 1. The number of nitrogens with zero attached hydrogens (tertiary/aromatic N) is 1. The average molecular weight is 310 g/mol. The quantitative estimate of drug-likeness (QED) is 0.754. The van der Waals surface area contributed by atoms with E-state index in [1.54, 1.807) is 6.92 Å². The Labute approximate surface area is 117 Å². The Morgan fingerprint density at radius 3 is 2.83 bits per heavy atom. The Morgan fingerprint density at radius 1 is 1.33 bits per heavy atom. The van der Waals surface area contributed by atoms with Crippen molar-refractivity contribution in [2.75, 3.05) is 11.4 Å². The Kier molecular flexibility index (Phi) is 4.44. The van der Waals surface area contributed by atoms with Crippen LogP contribution >= 0.6 is 15.9 Å². The van der Waals surface area contributed by atoms with Crippen molar-refractivity contribution >= 4 is 27.4 Å². The van der Waals surface area contributed by atoms with Crippen molar-refractivity contribution < 1.29 is 4.79 Å². The topological polar surface area (TPSA) is 20.3 Å². The largest absolute Gasteiger partial charge is 0.368 e. The first kappa shape index (κ1) is 13.6. The van der Waals surface area contributed by atoms with Crippen LogP contribution in [-0.4, -0.2) is 18.4 Å². The van der Waals surface area contributed by atoms with Gasteiger partial charge in [-0.25, -0.2) is 0 Å². The molecule has 3 heteroatoms. The fourth-order valence-corrected chi connectivity index (χ4v) is 3.02. The minimum Gasteiger partial charge on any atom is -0.368 e. The third kappa shape index (κ3) is 2.94. The van der Waals surface area contributed by atoms with E-state index in [1.165, 1.54) is 25.7 Å². The minimum atomic E-state index is 0.147. The van der Waals surface area contributed by atoms with Crippen LogP contribution in [0.5, 0.6) is 0 Å². The number of carbonyl (C=O) groups excluding carboxylic acids is 1. The van der Waals surface area contributed by atoms with E-state index >= 15 is 0 Å². The maximum absolute atomic E-state index is 11.8. The van der Waals surface area contributed by atoms with Gasteiger partial charge in [0.05, 0.1) is 0 Å². The lowest BCUT2D eigenvalue weighted by Crippen LogP contribution is -2.33. The summed E-state index contributed by atoms with van der Waals surface area (Å²) in [4.78, 5) is 14.2. The highest BCUT2D eigenvalue weighted by molar-refractivity contribution is 9.10. The van der Waals surface area contributed by atoms with Crippen LogP contribution in [0, 0.1) is 0 Å². The van der Waals surface area contributed by atoms with E-state index in [2.05, 4.69) is 33.8 Å². The second-order valence-electron chi connectivity index (χ2n) is 5.11. The average Bonchev–Trinajstić information content (AvgIpc) is 2.53. The summed E-state index contributed by atoms with van der Waals surface area (Å²) in [5, 5.41) is 0. The molecule has 0 amide bonds. The zero-order valence-corrected chi connectivity index (χ0v) is 12.7. The fraction of sp³-hybridized carbons (Fsp3) is 0.533. The highest BCUT2D eigenvalue weighted by atomic mass is 79.9. The summed E-state index contributed by atoms with van der Waals surface area (Å²) < 4.78 is 1.04. The lowest BCUT2D eigenvalue weighted by molar-refractivity contribution is 0.101. The zero-order chi connectivity index (χ0) is 13.1. The number of carbonyl (C=O) groups is 1. The van der Waals surface area contributed by atoms with Crippen molar-refractivity contribution in [1.29, 1.82) is 0 Å². The number of hydrogen-bond donors (Lipinski definition) is 0. The predicted molar refractivity (Wildman–Crippen MR) is 79.4 cm³/mol. The second-order valence-corrected chi connectivity index (χ2v) is 6.03. The molecule has 1 aliphatic rings. The van der Waals surface area contributed by atoms with Crippen LogP contribution in [0.2, 0.25) is 0 Å². The van der Waals surface area contributed by atoms with Gasteiger partial charge in [-0.3, -0.25) is 4.79 Å². The highest BCUT2D eigenvalue weighted by Crippen LogP contribution is 2.30. The van der Waals surface area contributed by atoms with E-state index < -0.39 is 0 Å². The van der Waals surface area contributed by atoms with E-state index in [0.29, 0.717) is 6.04 Å². The molecule has 1 saturated heterocycles. The van der Waals surface area contributed by atoms with Crippen molar-refractivity contribution in [3.63, 3.8) is 0 Å². The zero-order valence-electron chi connectivity index (χ0n) is 11.1. The number of rotatable bonds is 2. The Balaban J connectivity index is 2.40. The van der Waals surface area contributed by atoms with Crippen LogP contribution in [0.25, 0.3) is 0 Å². The summed E-state index contributed by atoms with van der Waals surface area (Å²) in [6.07, 6.45) is 5.02. The number of ketones is 1. The molecule has 18 heavy (non-hydrogen) atoms. The monoisotopic (exact) mass is 309 g/mol. The van der Waals surface area contributed by atoms with Crippen molar-refractivity contribution in [3.05, 3.63) is 28.2 Å². The Morgan fingerprint density at radius 2 is 2.11 bits per heavy atom. The second kappa shape index (κ2) is 5.87. The summed E-state index contributed by atoms with van der Waals surface area (Å²) >= 11 is 3.51. The SMILES string of the molecule is CC(=O)c1ccc(Br)cc1N1CCCCCC1C. The standard InChI is InChI=1S/C15H20BrNO/c1-11-6-4-3-5-9-17(11)15-10-13(16)7-8-14(15)12(2)18/h7-8,10-11H,3-6,9H2,1-2H3. The highest BCUT2D eigenvalue weighted by Gasteiger charge is 2.21. The molecule has 1 aliphatic heterocycles. The van der Waals surface area contributed by atoms with Crippen LogP contribution < -0.4 is 4.90 Å².